The first-order valence-corrected chi connectivity index (χ1v) is 6.31. The number of carboxylic acids is 3. The lowest BCUT2D eigenvalue weighted by Gasteiger charge is -2.07. The quantitative estimate of drug-likeness (QED) is 0.798. The van der Waals surface area contributed by atoms with Gasteiger partial charge in [0, 0.05) is 5.02 Å². The van der Waals surface area contributed by atoms with E-state index >= 15 is 0 Å². The summed E-state index contributed by atoms with van der Waals surface area (Å²) in [7, 11) is 0. The van der Waals surface area contributed by atoms with Crippen molar-refractivity contribution in [2.45, 2.75) is 0 Å². The highest BCUT2D eigenvalue weighted by molar-refractivity contribution is 6.31. The molecule has 0 amide bonds. The average molecular weight is 321 g/mol. The predicted molar refractivity (Wildman–Crippen MR) is 77.8 cm³/mol. The van der Waals surface area contributed by atoms with Gasteiger partial charge in [-0.2, -0.15) is 0 Å². The second kappa shape index (κ2) is 5.87. The van der Waals surface area contributed by atoms with E-state index in [9.17, 15) is 14.4 Å². The summed E-state index contributed by atoms with van der Waals surface area (Å²) >= 11 is 5.85. The molecule has 0 fully saturated rings. The molecule has 22 heavy (non-hydrogen) atoms. The number of rotatable bonds is 4. The maximum atomic E-state index is 11.1. The summed E-state index contributed by atoms with van der Waals surface area (Å²) in [6.45, 7) is 0. The topological polar surface area (TPSA) is 112 Å². The second-order valence-electron chi connectivity index (χ2n) is 4.44. The third kappa shape index (κ3) is 3.24. The summed E-state index contributed by atoms with van der Waals surface area (Å²) < 4.78 is 0. The van der Waals surface area contributed by atoms with Gasteiger partial charge in [-0.25, -0.2) is 14.4 Å². The lowest BCUT2D eigenvalue weighted by Crippen LogP contribution is -2.03. The monoisotopic (exact) mass is 320 g/mol. The standard InChI is InChI=1S/C15H9ClO6/c16-12-5-8(3-11(6-12)15(21)22)7-1-9(13(17)18)4-10(2-7)14(19)20/h1-6H,(H,17,18)(H,19,20)(H,21,22). The minimum Gasteiger partial charge on any atom is -0.478 e. The maximum Gasteiger partial charge on any atom is 0.335 e. The number of hydrogen-bond acceptors (Lipinski definition) is 3. The highest BCUT2D eigenvalue weighted by atomic mass is 35.5. The van der Waals surface area contributed by atoms with Gasteiger partial charge in [0.05, 0.1) is 16.7 Å². The van der Waals surface area contributed by atoms with Gasteiger partial charge in [-0.15, -0.1) is 0 Å². The van der Waals surface area contributed by atoms with Crippen LogP contribution in [0.1, 0.15) is 31.1 Å². The zero-order chi connectivity index (χ0) is 16.4. The van der Waals surface area contributed by atoms with Gasteiger partial charge in [0.1, 0.15) is 0 Å². The maximum absolute atomic E-state index is 11.1. The molecule has 6 nitrogen and oxygen atoms in total. The first kappa shape index (κ1) is 15.5. The summed E-state index contributed by atoms with van der Waals surface area (Å²) in [4.78, 5) is 33.2. The lowest BCUT2D eigenvalue weighted by molar-refractivity contribution is 0.0682. The molecule has 0 aliphatic rings. The van der Waals surface area contributed by atoms with E-state index in [1.807, 2.05) is 0 Å². The van der Waals surface area contributed by atoms with E-state index in [-0.39, 0.29) is 27.3 Å². The van der Waals surface area contributed by atoms with E-state index in [0.717, 1.165) is 6.07 Å². The first-order chi connectivity index (χ1) is 10.3. The summed E-state index contributed by atoms with van der Waals surface area (Å²) in [6.07, 6.45) is 0. The van der Waals surface area contributed by atoms with Crippen molar-refractivity contribution in [1.82, 2.24) is 0 Å². The Kier molecular flexibility index (Phi) is 4.14. The summed E-state index contributed by atoms with van der Waals surface area (Å²) in [5, 5.41) is 27.3. The number of aromatic carboxylic acids is 3. The van der Waals surface area contributed by atoms with Gasteiger partial charge >= 0.3 is 17.9 Å². The lowest BCUT2D eigenvalue weighted by atomic mass is 9.98. The fourth-order valence-corrected chi connectivity index (χ4v) is 2.16. The summed E-state index contributed by atoms with van der Waals surface area (Å²) in [5.74, 6) is -3.77. The van der Waals surface area contributed by atoms with Crippen molar-refractivity contribution in [1.29, 1.82) is 0 Å². The van der Waals surface area contributed by atoms with Gasteiger partial charge < -0.3 is 15.3 Å². The van der Waals surface area contributed by atoms with Crippen molar-refractivity contribution in [2.24, 2.45) is 0 Å². The molecule has 7 heteroatoms. The van der Waals surface area contributed by atoms with Crippen LogP contribution in [0, 0.1) is 0 Å². The Hall–Kier alpha value is -2.86. The zero-order valence-electron chi connectivity index (χ0n) is 10.9. The molecule has 0 aromatic heterocycles. The van der Waals surface area contributed by atoms with Crippen LogP contribution in [-0.4, -0.2) is 33.2 Å². The van der Waals surface area contributed by atoms with E-state index in [1.165, 1.54) is 30.3 Å². The van der Waals surface area contributed by atoms with E-state index in [2.05, 4.69) is 0 Å². The Bertz CT molecular complexity index is 764. The molecule has 0 aliphatic heterocycles. The van der Waals surface area contributed by atoms with Crippen molar-refractivity contribution >= 4 is 29.5 Å². The number of hydrogen-bond donors (Lipinski definition) is 3. The van der Waals surface area contributed by atoms with Gasteiger partial charge in [-0.05, 0) is 47.5 Å². The van der Waals surface area contributed by atoms with Crippen molar-refractivity contribution in [3.05, 3.63) is 58.1 Å². The molecule has 2 rings (SSSR count). The number of benzene rings is 2. The number of carbonyl (C=O) groups is 3. The van der Waals surface area contributed by atoms with Crippen molar-refractivity contribution < 1.29 is 29.7 Å². The molecule has 0 saturated heterocycles. The normalized spacial score (nSPS) is 10.2. The molecule has 0 aliphatic carbocycles. The minimum absolute atomic E-state index is 0.0832. The highest BCUT2D eigenvalue weighted by Crippen LogP contribution is 2.27. The number of carboxylic acid groups (broad SMARTS) is 3. The minimum atomic E-state index is -1.29. The van der Waals surface area contributed by atoms with Crippen LogP contribution >= 0.6 is 11.6 Å². The van der Waals surface area contributed by atoms with Gasteiger partial charge in [0.25, 0.3) is 0 Å². The predicted octanol–water partition coefficient (Wildman–Crippen LogP) is 3.10. The van der Waals surface area contributed by atoms with Crippen molar-refractivity contribution in [3.63, 3.8) is 0 Å². The van der Waals surface area contributed by atoms with Crippen LogP contribution in [0.15, 0.2) is 36.4 Å². The molecule has 0 radical (unpaired) electrons. The highest BCUT2D eigenvalue weighted by Gasteiger charge is 2.14. The molecule has 0 bridgehead atoms. The van der Waals surface area contributed by atoms with Crippen LogP contribution in [-0.2, 0) is 0 Å². The van der Waals surface area contributed by atoms with Crippen LogP contribution < -0.4 is 0 Å². The van der Waals surface area contributed by atoms with Gasteiger partial charge in [0.2, 0.25) is 0 Å². The van der Waals surface area contributed by atoms with Gasteiger partial charge in [-0.1, -0.05) is 11.6 Å². The molecule has 0 atom stereocenters. The van der Waals surface area contributed by atoms with E-state index < -0.39 is 17.9 Å². The Morgan fingerprint density at radius 3 is 1.41 bits per heavy atom. The number of halogens is 1. The fourth-order valence-electron chi connectivity index (χ4n) is 1.92. The Balaban J connectivity index is 2.68. The van der Waals surface area contributed by atoms with E-state index in [1.54, 1.807) is 0 Å². The second-order valence-corrected chi connectivity index (χ2v) is 4.88. The smallest absolute Gasteiger partial charge is 0.335 e. The van der Waals surface area contributed by atoms with Crippen molar-refractivity contribution in [2.75, 3.05) is 0 Å². The van der Waals surface area contributed by atoms with Crippen LogP contribution in [0.25, 0.3) is 11.1 Å². The third-order valence-corrected chi connectivity index (χ3v) is 3.12. The van der Waals surface area contributed by atoms with Gasteiger partial charge in [-0.3, -0.25) is 0 Å². The molecule has 112 valence electrons. The average Bonchev–Trinajstić information content (AvgIpc) is 2.45. The van der Waals surface area contributed by atoms with Crippen LogP contribution in [0.3, 0.4) is 0 Å². The van der Waals surface area contributed by atoms with Crippen molar-refractivity contribution in [3.8, 4) is 11.1 Å². The Labute approximate surface area is 129 Å². The van der Waals surface area contributed by atoms with E-state index in [0.29, 0.717) is 5.56 Å². The molecule has 0 unspecified atom stereocenters. The third-order valence-electron chi connectivity index (χ3n) is 2.90. The van der Waals surface area contributed by atoms with Crippen LogP contribution in [0.2, 0.25) is 5.02 Å². The molecule has 3 N–H and O–H groups in total. The Morgan fingerprint density at radius 2 is 1.00 bits per heavy atom. The SMILES string of the molecule is O=C(O)c1cc(Cl)cc(-c2cc(C(=O)O)cc(C(=O)O)c2)c1. The molecular formula is C15H9ClO6. The summed E-state index contributed by atoms with van der Waals surface area (Å²) in [5.41, 5.74) is 0.0522. The molecular weight excluding hydrogens is 312 g/mol. The summed E-state index contributed by atoms with van der Waals surface area (Å²) in [6, 6.07) is 7.50. The molecule has 0 saturated carbocycles. The zero-order valence-corrected chi connectivity index (χ0v) is 11.7. The molecule has 0 heterocycles. The Morgan fingerprint density at radius 1 is 0.636 bits per heavy atom. The molecule has 2 aromatic rings. The largest absolute Gasteiger partial charge is 0.478 e. The van der Waals surface area contributed by atoms with Gasteiger partial charge in [0.15, 0.2) is 0 Å². The van der Waals surface area contributed by atoms with E-state index in [4.69, 9.17) is 26.9 Å². The molecule has 0 spiro atoms. The van der Waals surface area contributed by atoms with Crippen LogP contribution in [0.5, 0.6) is 0 Å². The first-order valence-electron chi connectivity index (χ1n) is 5.94. The molecule has 2 aromatic carbocycles. The fraction of sp³-hybridized carbons (Fsp3) is 0. The van der Waals surface area contributed by atoms with Crippen LogP contribution in [0.4, 0.5) is 0 Å².